The molecule has 0 aliphatic rings. The van der Waals surface area contributed by atoms with Gasteiger partial charge in [0.1, 0.15) is 11.6 Å². The molecular weight excluding hydrogens is 379 g/mol. The summed E-state index contributed by atoms with van der Waals surface area (Å²) in [5, 5.41) is 9.26. The van der Waals surface area contributed by atoms with Crippen molar-refractivity contribution in [2.24, 2.45) is 0 Å². The molecule has 0 fully saturated rings. The Morgan fingerprint density at radius 2 is 2.04 bits per heavy atom. The van der Waals surface area contributed by atoms with E-state index in [9.17, 15) is 9.18 Å². The van der Waals surface area contributed by atoms with Gasteiger partial charge in [-0.1, -0.05) is 30.3 Å². The number of rotatable bonds is 7. The lowest BCUT2D eigenvalue weighted by atomic mass is 10.2. The van der Waals surface area contributed by atoms with Crippen molar-refractivity contribution in [1.82, 2.24) is 19.9 Å². The van der Waals surface area contributed by atoms with E-state index < -0.39 is 0 Å². The number of carbonyl (C=O) groups excluding carboxylic acids is 1. The molecule has 0 aliphatic heterocycles. The number of fused-ring (bicyclic) bond motifs is 1. The normalized spacial score (nSPS) is 10.9. The average Bonchev–Trinajstić information content (AvgIpc) is 3.29. The third-order valence-corrected chi connectivity index (χ3v) is 4.91. The predicted octanol–water partition coefficient (Wildman–Crippen LogP) is 3.33. The highest BCUT2D eigenvalue weighted by Crippen LogP contribution is 2.21. The van der Waals surface area contributed by atoms with Gasteiger partial charge in [0.15, 0.2) is 12.4 Å². The lowest BCUT2D eigenvalue weighted by molar-refractivity contribution is -0.123. The fourth-order valence-corrected chi connectivity index (χ4v) is 3.55. The predicted molar refractivity (Wildman–Crippen MR) is 105 cm³/mol. The van der Waals surface area contributed by atoms with Crippen molar-refractivity contribution in [3.8, 4) is 17.1 Å². The summed E-state index contributed by atoms with van der Waals surface area (Å²) in [6, 6.07) is 15.4. The highest BCUT2D eigenvalue weighted by molar-refractivity contribution is 7.15. The first kappa shape index (κ1) is 18.1. The van der Waals surface area contributed by atoms with E-state index in [0.717, 1.165) is 10.7 Å². The van der Waals surface area contributed by atoms with Crippen molar-refractivity contribution in [3.63, 3.8) is 0 Å². The van der Waals surface area contributed by atoms with Crippen LogP contribution in [-0.4, -0.2) is 33.7 Å². The summed E-state index contributed by atoms with van der Waals surface area (Å²) in [6.45, 7) is 0.425. The fraction of sp³-hybridized carbons (Fsp3) is 0.150. The van der Waals surface area contributed by atoms with Gasteiger partial charge in [0.25, 0.3) is 5.91 Å². The van der Waals surface area contributed by atoms with Gasteiger partial charge in [-0.25, -0.2) is 8.91 Å². The molecule has 0 spiro atoms. The molecule has 4 aromatic rings. The number of nitrogens with zero attached hydrogens (tertiary/aromatic N) is 3. The zero-order valence-corrected chi connectivity index (χ0v) is 15.7. The Morgan fingerprint density at radius 3 is 2.86 bits per heavy atom. The molecule has 0 unspecified atom stereocenters. The van der Waals surface area contributed by atoms with Gasteiger partial charge < -0.3 is 10.1 Å². The van der Waals surface area contributed by atoms with Crippen molar-refractivity contribution < 1.29 is 13.9 Å². The summed E-state index contributed by atoms with van der Waals surface area (Å²) < 4.78 is 20.6. The number of nitrogens with one attached hydrogen (secondary N) is 1. The van der Waals surface area contributed by atoms with Gasteiger partial charge >= 0.3 is 0 Å². The molecule has 2 aromatic heterocycles. The lowest BCUT2D eigenvalue weighted by Crippen LogP contribution is -2.30. The van der Waals surface area contributed by atoms with Crippen LogP contribution in [-0.2, 0) is 11.2 Å². The summed E-state index contributed by atoms with van der Waals surface area (Å²) in [6.07, 6.45) is 0.600. The van der Waals surface area contributed by atoms with Crippen LogP contribution in [0.2, 0.25) is 0 Å². The van der Waals surface area contributed by atoms with Crippen molar-refractivity contribution in [1.29, 1.82) is 0 Å². The van der Waals surface area contributed by atoms with Gasteiger partial charge in [-0.05, 0) is 24.3 Å². The number of ether oxygens (including phenoxy) is 1. The number of carbonyl (C=O) groups is 1. The van der Waals surface area contributed by atoms with Crippen LogP contribution in [0.1, 0.15) is 5.69 Å². The summed E-state index contributed by atoms with van der Waals surface area (Å²) in [5.41, 5.74) is 1.56. The number of halogens is 1. The Hall–Kier alpha value is -3.26. The minimum absolute atomic E-state index is 0.0316. The van der Waals surface area contributed by atoms with Crippen LogP contribution < -0.4 is 10.1 Å². The Labute approximate surface area is 164 Å². The minimum Gasteiger partial charge on any atom is -0.484 e. The monoisotopic (exact) mass is 396 g/mol. The second-order valence-corrected chi connectivity index (χ2v) is 6.91. The Balaban J connectivity index is 1.34. The Kier molecular flexibility index (Phi) is 5.29. The third-order valence-electron chi connectivity index (χ3n) is 4.05. The average molecular weight is 396 g/mol. The maximum atomic E-state index is 13.4. The van der Waals surface area contributed by atoms with Gasteiger partial charge in [0, 0.05) is 23.9 Å². The smallest absolute Gasteiger partial charge is 0.257 e. The van der Waals surface area contributed by atoms with Crippen LogP contribution >= 0.6 is 11.3 Å². The second kappa shape index (κ2) is 8.18. The van der Waals surface area contributed by atoms with Crippen LogP contribution in [0.3, 0.4) is 0 Å². The summed E-state index contributed by atoms with van der Waals surface area (Å²) in [5.74, 6) is 0.628. The molecule has 0 atom stereocenters. The SMILES string of the molecule is O=C(COc1ccccc1)NCCc1csc2nc(-c3cccc(F)c3)nn12. The highest BCUT2D eigenvalue weighted by Gasteiger charge is 2.12. The van der Waals surface area contributed by atoms with Gasteiger partial charge in [-0.2, -0.15) is 4.98 Å². The number of hydrogen-bond acceptors (Lipinski definition) is 5. The van der Waals surface area contributed by atoms with Crippen molar-refractivity contribution in [3.05, 3.63) is 71.5 Å². The minimum atomic E-state index is -0.323. The van der Waals surface area contributed by atoms with Crippen LogP contribution in [0.15, 0.2) is 60.0 Å². The second-order valence-electron chi connectivity index (χ2n) is 6.07. The van der Waals surface area contributed by atoms with Crippen LogP contribution in [0.5, 0.6) is 5.75 Å². The number of thiazole rings is 1. The van der Waals surface area contributed by atoms with Gasteiger partial charge in [-0.15, -0.1) is 16.4 Å². The first-order valence-corrected chi connectivity index (χ1v) is 9.60. The Bertz CT molecular complexity index is 1090. The van der Waals surface area contributed by atoms with Crippen molar-refractivity contribution in [2.75, 3.05) is 13.2 Å². The molecule has 8 heteroatoms. The molecule has 0 bridgehead atoms. The molecule has 2 heterocycles. The highest BCUT2D eigenvalue weighted by atomic mass is 32.1. The molecule has 6 nitrogen and oxygen atoms in total. The molecular formula is C20H17FN4O2S. The van der Waals surface area contributed by atoms with E-state index in [-0.39, 0.29) is 18.3 Å². The van der Waals surface area contributed by atoms with Crippen LogP contribution in [0.25, 0.3) is 16.3 Å². The van der Waals surface area contributed by atoms with E-state index in [0.29, 0.717) is 30.1 Å². The van der Waals surface area contributed by atoms with Gasteiger partial charge in [0.2, 0.25) is 4.96 Å². The fourth-order valence-electron chi connectivity index (χ4n) is 2.69. The number of amides is 1. The molecule has 142 valence electrons. The zero-order valence-electron chi connectivity index (χ0n) is 14.8. The van der Waals surface area contributed by atoms with E-state index >= 15 is 0 Å². The zero-order chi connectivity index (χ0) is 19.3. The molecule has 4 rings (SSSR count). The van der Waals surface area contributed by atoms with E-state index in [1.54, 1.807) is 28.8 Å². The third kappa shape index (κ3) is 4.17. The molecule has 2 aromatic carbocycles. The molecule has 28 heavy (non-hydrogen) atoms. The van der Waals surface area contributed by atoms with E-state index in [1.165, 1.54) is 23.5 Å². The standard InChI is InChI=1S/C20H17FN4O2S/c21-15-6-4-5-14(11-15)19-23-20-25(24-19)16(13-28-20)9-10-22-18(26)12-27-17-7-2-1-3-8-17/h1-8,11,13H,9-10,12H2,(H,22,26). The first-order valence-electron chi connectivity index (χ1n) is 8.73. The van der Waals surface area contributed by atoms with Gasteiger partial charge in [-0.3, -0.25) is 4.79 Å². The number of hydrogen-bond donors (Lipinski definition) is 1. The topological polar surface area (TPSA) is 68.5 Å². The van der Waals surface area contributed by atoms with E-state index in [1.807, 2.05) is 23.6 Å². The molecule has 0 aliphatic carbocycles. The molecule has 0 saturated carbocycles. The summed E-state index contributed by atoms with van der Waals surface area (Å²) >= 11 is 1.46. The quantitative estimate of drug-likeness (QED) is 0.520. The van der Waals surface area contributed by atoms with Crippen molar-refractivity contribution >= 4 is 22.2 Å². The number of benzene rings is 2. The Morgan fingerprint density at radius 1 is 1.18 bits per heavy atom. The molecule has 0 radical (unpaired) electrons. The van der Waals surface area contributed by atoms with E-state index in [2.05, 4.69) is 15.4 Å². The molecule has 1 amide bonds. The summed E-state index contributed by atoms with van der Waals surface area (Å²) in [7, 11) is 0. The molecule has 0 saturated heterocycles. The van der Waals surface area contributed by atoms with E-state index in [4.69, 9.17) is 4.74 Å². The number of para-hydroxylation sites is 1. The largest absolute Gasteiger partial charge is 0.484 e. The van der Waals surface area contributed by atoms with Gasteiger partial charge in [0.05, 0.1) is 5.69 Å². The van der Waals surface area contributed by atoms with Crippen LogP contribution in [0.4, 0.5) is 4.39 Å². The van der Waals surface area contributed by atoms with Crippen LogP contribution in [0, 0.1) is 5.82 Å². The summed E-state index contributed by atoms with van der Waals surface area (Å²) in [4.78, 5) is 17.1. The number of aromatic nitrogens is 3. The maximum absolute atomic E-state index is 13.4. The lowest BCUT2D eigenvalue weighted by Gasteiger charge is -2.07. The van der Waals surface area contributed by atoms with Crippen molar-refractivity contribution in [2.45, 2.75) is 6.42 Å². The molecule has 1 N–H and O–H groups in total. The maximum Gasteiger partial charge on any atom is 0.257 e. The first-order chi connectivity index (χ1) is 13.7.